The maximum absolute atomic E-state index is 13.6. The number of halogens is 3. The van der Waals surface area contributed by atoms with Gasteiger partial charge in [0, 0.05) is 0 Å². The molecule has 0 aliphatic heterocycles. The third kappa shape index (κ3) is 3.37. The smallest absolute Gasteiger partial charge is 0.162 e. The average molecular weight is 295 g/mol. The molecule has 2 aromatic rings. The Kier molecular flexibility index (Phi) is 4.77. The Labute approximate surface area is 123 Å². The van der Waals surface area contributed by atoms with E-state index < -0.39 is 11.6 Å². The summed E-state index contributed by atoms with van der Waals surface area (Å²) in [5.41, 5.74) is 2.45. The highest BCUT2D eigenvalue weighted by atomic mass is 35.5. The molecule has 1 atom stereocenters. The molecule has 0 aliphatic rings. The third-order valence-electron chi connectivity index (χ3n) is 3.40. The summed E-state index contributed by atoms with van der Waals surface area (Å²) >= 11 is 6.31. The minimum atomic E-state index is -0.832. The lowest BCUT2D eigenvalue weighted by atomic mass is 9.98. The fourth-order valence-corrected chi connectivity index (χ4v) is 2.42. The average Bonchev–Trinajstić information content (AvgIpc) is 2.44. The van der Waals surface area contributed by atoms with Crippen LogP contribution in [-0.4, -0.2) is 0 Å². The van der Waals surface area contributed by atoms with Gasteiger partial charge in [0.25, 0.3) is 0 Å². The van der Waals surface area contributed by atoms with E-state index in [0.717, 1.165) is 11.6 Å². The fourth-order valence-electron chi connectivity index (χ4n) is 2.11. The Balaban J connectivity index is 2.15. The summed E-state index contributed by atoms with van der Waals surface area (Å²) in [5.74, 6) is -1.18. The molecule has 0 heterocycles. The Morgan fingerprint density at radius 2 is 1.55 bits per heavy atom. The maximum atomic E-state index is 13.6. The summed E-state index contributed by atoms with van der Waals surface area (Å²) in [6, 6.07) is 12.1. The van der Waals surface area contributed by atoms with Gasteiger partial charge in [0.1, 0.15) is 0 Å². The molecule has 0 aromatic heterocycles. The van der Waals surface area contributed by atoms with Crippen LogP contribution >= 0.6 is 11.6 Å². The summed E-state index contributed by atoms with van der Waals surface area (Å²) in [6.07, 6.45) is 0.270. The predicted molar refractivity (Wildman–Crippen MR) is 79.2 cm³/mol. The second-order valence-corrected chi connectivity index (χ2v) is 5.73. The van der Waals surface area contributed by atoms with E-state index in [1.807, 2.05) is 24.3 Å². The second kappa shape index (κ2) is 6.36. The topological polar surface area (TPSA) is 0 Å². The molecule has 0 fully saturated rings. The zero-order valence-corrected chi connectivity index (χ0v) is 12.3. The van der Waals surface area contributed by atoms with Gasteiger partial charge in [0.15, 0.2) is 11.6 Å². The molecule has 1 unspecified atom stereocenters. The van der Waals surface area contributed by atoms with E-state index in [2.05, 4.69) is 13.8 Å². The molecule has 0 N–H and O–H groups in total. The SMILES string of the molecule is CC(C)c1ccc(C(Cl)Cc2cccc(F)c2F)cc1. The van der Waals surface area contributed by atoms with Crippen molar-refractivity contribution >= 4 is 11.6 Å². The lowest BCUT2D eigenvalue weighted by Crippen LogP contribution is -2.00. The Morgan fingerprint density at radius 1 is 0.950 bits per heavy atom. The number of rotatable bonds is 4. The number of alkyl halides is 1. The Morgan fingerprint density at radius 3 is 2.15 bits per heavy atom. The van der Waals surface area contributed by atoms with Gasteiger partial charge in [-0.3, -0.25) is 0 Å². The van der Waals surface area contributed by atoms with Crippen LogP contribution in [0.3, 0.4) is 0 Å². The van der Waals surface area contributed by atoms with E-state index in [4.69, 9.17) is 11.6 Å². The molecule has 106 valence electrons. The molecule has 2 aromatic carbocycles. The minimum Gasteiger partial charge on any atom is -0.204 e. The number of hydrogen-bond acceptors (Lipinski definition) is 0. The summed E-state index contributed by atoms with van der Waals surface area (Å²) < 4.78 is 26.8. The molecule has 0 saturated heterocycles. The summed E-state index contributed by atoms with van der Waals surface area (Å²) in [6.45, 7) is 4.24. The van der Waals surface area contributed by atoms with Crippen molar-refractivity contribution in [2.75, 3.05) is 0 Å². The summed E-state index contributed by atoms with van der Waals surface area (Å²) in [7, 11) is 0. The van der Waals surface area contributed by atoms with Crippen LogP contribution in [0.15, 0.2) is 42.5 Å². The van der Waals surface area contributed by atoms with E-state index in [0.29, 0.717) is 11.5 Å². The zero-order chi connectivity index (χ0) is 14.7. The Bertz CT molecular complexity index is 576. The van der Waals surface area contributed by atoms with Gasteiger partial charge in [-0.25, -0.2) is 8.78 Å². The van der Waals surface area contributed by atoms with Crippen molar-refractivity contribution in [1.29, 1.82) is 0 Å². The highest BCUT2D eigenvalue weighted by molar-refractivity contribution is 6.20. The van der Waals surface area contributed by atoms with E-state index in [1.54, 1.807) is 6.07 Å². The van der Waals surface area contributed by atoms with Crippen molar-refractivity contribution in [3.63, 3.8) is 0 Å². The third-order valence-corrected chi connectivity index (χ3v) is 3.80. The zero-order valence-electron chi connectivity index (χ0n) is 11.5. The first-order chi connectivity index (χ1) is 9.49. The highest BCUT2D eigenvalue weighted by Gasteiger charge is 2.14. The van der Waals surface area contributed by atoms with Crippen LogP contribution < -0.4 is 0 Å². The monoisotopic (exact) mass is 294 g/mol. The standard InChI is InChI=1S/C17H17ClF2/c1-11(2)12-6-8-13(9-7-12)15(18)10-14-4-3-5-16(19)17(14)20/h3-9,11,15H,10H2,1-2H3. The Hall–Kier alpha value is -1.41. The van der Waals surface area contributed by atoms with Crippen molar-refractivity contribution in [3.8, 4) is 0 Å². The van der Waals surface area contributed by atoms with E-state index in [1.165, 1.54) is 11.6 Å². The molecule has 0 radical (unpaired) electrons. The van der Waals surface area contributed by atoms with Crippen LogP contribution in [-0.2, 0) is 6.42 Å². The number of hydrogen-bond donors (Lipinski definition) is 0. The molecule has 0 spiro atoms. The van der Waals surface area contributed by atoms with Crippen molar-refractivity contribution in [2.24, 2.45) is 0 Å². The molecule has 3 heteroatoms. The molecule has 0 amide bonds. The molecule has 0 aliphatic carbocycles. The molecule has 2 rings (SSSR count). The first-order valence-electron chi connectivity index (χ1n) is 6.66. The minimum absolute atomic E-state index is 0.270. The summed E-state index contributed by atoms with van der Waals surface area (Å²) in [5, 5.41) is -0.368. The van der Waals surface area contributed by atoms with Gasteiger partial charge in [0.2, 0.25) is 0 Å². The van der Waals surface area contributed by atoms with Crippen LogP contribution in [0.2, 0.25) is 0 Å². The van der Waals surface area contributed by atoms with Gasteiger partial charge in [-0.05, 0) is 35.1 Å². The fraction of sp³-hybridized carbons (Fsp3) is 0.294. The lowest BCUT2D eigenvalue weighted by Gasteiger charge is -2.12. The van der Waals surface area contributed by atoms with Crippen LogP contribution in [0.25, 0.3) is 0 Å². The van der Waals surface area contributed by atoms with Crippen LogP contribution in [0.4, 0.5) is 8.78 Å². The highest BCUT2D eigenvalue weighted by Crippen LogP contribution is 2.28. The van der Waals surface area contributed by atoms with E-state index >= 15 is 0 Å². The van der Waals surface area contributed by atoms with E-state index in [9.17, 15) is 8.78 Å². The van der Waals surface area contributed by atoms with Gasteiger partial charge in [-0.15, -0.1) is 11.6 Å². The first-order valence-corrected chi connectivity index (χ1v) is 7.09. The lowest BCUT2D eigenvalue weighted by molar-refractivity contribution is 0.498. The van der Waals surface area contributed by atoms with E-state index in [-0.39, 0.29) is 11.8 Å². The van der Waals surface area contributed by atoms with Crippen molar-refractivity contribution in [2.45, 2.75) is 31.6 Å². The normalized spacial score (nSPS) is 12.7. The molecular formula is C17H17ClF2. The maximum Gasteiger partial charge on any atom is 0.162 e. The van der Waals surface area contributed by atoms with Crippen LogP contribution in [0.1, 0.15) is 41.8 Å². The second-order valence-electron chi connectivity index (χ2n) is 5.21. The van der Waals surface area contributed by atoms with Crippen molar-refractivity contribution in [1.82, 2.24) is 0 Å². The summed E-state index contributed by atoms with van der Waals surface area (Å²) in [4.78, 5) is 0. The van der Waals surface area contributed by atoms with Crippen LogP contribution in [0, 0.1) is 11.6 Å². The van der Waals surface area contributed by atoms with Gasteiger partial charge < -0.3 is 0 Å². The molecule has 0 saturated carbocycles. The van der Waals surface area contributed by atoms with Crippen LogP contribution in [0.5, 0.6) is 0 Å². The molecule has 20 heavy (non-hydrogen) atoms. The predicted octanol–water partition coefficient (Wildman–Crippen LogP) is 5.61. The van der Waals surface area contributed by atoms with Gasteiger partial charge in [-0.2, -0.15) is 0 Å². The molecular weight excluding hydrogens is 278 g/mol. The largest absolute Gasteiger partial charge is 0.204 e. The molecule has 0 nitrogen and oxygen atoms in total. The van der Waals surface area contributed by atoms with Crippen molar-refractivity contribution < 1.29 is 8.78 Å². The molecule has 0 bridgehead atoms. The van der Waals surface area contributed by atoms with Gasteiger partial charge in [0.05, 0.1) is 5.38 Å². The first kappa shape index (κ1) is 15.0. The quantitative estimate of drug-likeness (QED) is 0.643. The van der Waals surface area contributed by atoms with Crippen molar-refractivity contribution in [3.05, 3.63) is 70.8 Å². The number of benzene rings is 2. The van der Waals surface area contributed by atoms with Gasteiger partial charge in [-0.1, -0.05) is 50.2 Å². The van der Waals surface area contributed by atoms with Gasteiger partial charge >= 0.3 is 0 Å².